The number of nitrogens with zero attached hydrogens (tertiary/aromatic N) is 1. The van der Waals surface area contributed by atoms with Crippen molar-refractivity contribution in [3.63, 3.8) is 0 Å². The maximum absolute atomic E-state index is 12.0. The van der Waals surface area contributed by atoms with E-state index < -0.39 is 0 Å². The molecule has 0 aliphatic carbocycles. The minimum atomic E-state index is -0.00510. The van der Waals surface area contributed by atoms with Crippen molar-refractivity contribution in [3.8, 4) is 0 Å². The van der Waals surface area contributed by atoms with E-state index in [-0.39, 0.29) is 18.6 Å². The summed E-state index contributed by atoms with van der Waals surface area (Å²) in [6, 6.07) is 7.80. The normalized spacial score (nSPS) is 19.2. The summed E-state index contributed by atoms with van der Waals surface area (Å²) in [4.78, 5) is 14.2. The lowest BCUT2D eigenvalue weighted by atomic mass is 10.1. The van der Waals surface area contributed by atoms with Crippen molar-refractivity contribution >= 4 is 11.6 Å². The Morgan fingerprint density at radius 1 is 1.45 bits per heavy atom. The summed E-state index contributed by atoms with van der Waals surface area (Å²) in [5.74, 6) is -0.00510. The van der Waals surface area contributed by atoms with E-state index in [1.54, 1.807) is 0 Å². The second-order valence-corrected chi connectivity index (χ2v) is 5.17. The fourth-order valence-corrected chi connectivity index (χ4v) is 2.67. The molecule has 1 heterocycles. The summed E-state index contributed by atoms with van der Waals surface area (Å²) < 4.78 is 0. The van der Waals surface area contributed by atoms with E-state index in [1.807, 2.05) is 24.3 Å². The van der Waals surface area contributed by atoms with Gasteiger partial charge in [-0.3, -0.25) is 9.69 Å². The third kappa shape index (κ3) is 3.79. The third-order valence-electron chi connectivity index (χ3n) is 3.85. The molecule has 0 saturated carbocycles. The number of carbonyl (C=O) groups is 1. The summed E-state index contributed by atoms with van der Waals surface area (Å²) in [7, 11) is 0. The van der Waals surface area contributed by atoms with Crippen LogP contribution in [0.5, 0.6) is 0 Å². The topological polar surface area (TPSA) is 78.6 Å². The number of amides is 1. The van der Waals surface area contributed by atoms with Crippen molar-refractivity contribution in [2.75, 3.05) is 25.0 Å². The van der Waals surface area contributed by atoms with Crippen molar-refractivity contribution < 1.29 is 9.90 Å². The molecule has 2 rings (SSSR count). The van der Waals surface area contributed by atoms with E-state index >= 15 is 0 Å². The van der Waals surface area contributed by atoms with Crippen LogP contribution in [0.15, 0.2) is 24.3 Å². The monoisotopic (exact) mass is 277 g/mol. The van der Waals surface area contributed by atoms with E-state index in [4.69, 9.17) is 5.73 Å². The standard InChI is InChI=1S/C15H23N3O2/c16-10-12-4-1-2-6-14(12)17-15(20)7-9-18-8-3-5-13(18)11-19/h1-2,4,6,13,19H,3,5,7-11,16H2,(H,17,20). The lowest BCUT2D eigenvalue weighted by Crippen LogP contribution is -2.34. The Balaban J connectivity index is 1.83. The Labute approximate surface area is 119 Å². The van der Waals surface area contributed by atoms with Crippen molar-refractivity contribution in [3.05, 3.63) is 29.8 Å². The highest BCUT2D eigenvalue weighted by atomic mass is 16.3. The molecule has 20 heavy (non-hydrogen) atoms. The molecule has 0 radical (unpaired) electrons. The number of rotatable bonds is 6. The zero-order valence-corrected chi connectivity index (χ0v) is 11.7. The predicted molar refractivity (Wildman–Crippen MR) is 79.3 cm³/mol. The molecule has 1 unspecified atom stereocenters. The fourth-order valence-electron chi connectivity index (χ4n) is 2.67. The Bertz CT molecular complexity index is 450. The smallest absolute Gasteiger partial charge is 0.225 e. The minimum absolute atomic E-state index is 0.00510. The molecular weight excluding hydrogens is 254 g/mol. The Kier molecular flexibility index (Phi) is 5.52. The van der Waals surface area contributed by atoms with Crippen molar-refractivity contribution in [1.82, 2.24) is 4.90 Å². The molecule has 1 aliphatic rings. The second-order valence-electron chi connectivity index (χ2n) is 5.17. The van der Waals surface area contributed by atoms with Gasteiger partial charge in [0.05, 0.1) is 6.61 Å². The first-order valence-electron chi connectivity index (χ1n) is 7.17. The van der Waals surface area contributed by atoms with Gasteiger partial charge in [0, 0.05) is 31.2 Å². The van der Waals surface area contributed by atoms with Gasteiger partial charge >= 0.3 is 0 Å². The maximum atomic E-state index is 12.0. The SMILES string of the molecule is NCc1ccccc1NC(=O)CCN1CCCC1CO. The lowest BCUT2D eigenvalue weighted by Gasteiger charge is -2.22. The number of aliphatic hydroxyl groups excluding tert-OH is 1. The van der Waals surface area contributed by atoms with Crippen LogP contribution >= 0.6 is 0 Å². The number of nitrogens with one attached hydrogen (secondary N) is 1. The number of benzene rings is 1. The van der Waals surface area contributed by atoms with Crippen molar-refractivity contribution in [1.29, 1.82) is 0 Å². The van der Waals surface area contributed by atoms with Gasteiger partial charge in [-0.1, -0.05) is 18.2 Å². The summed E-state index contributed by atoms with van der Waals surface area (Å²) in [6.45, 7) is 2.26. The van der Waals surface area contributed by atoms with Crippen LogP contribution < -0.4 is 11.1 Å². The van der Waals surface area contributed by atoms with Gasteiger partial charge in [-0.25, -0.2) is 0 Å². The van der Waals surface area contributed by atoms with Gasteiger partial charge in [-0.2, -0.15) is 0 Å². The molecule has 0 spiro atoms. The van der Waals surface area contributed by atoms with Crippen LogP contribution in [0.25, 0.3) is 0 Å². The zero-order chi connectivity index (χ0) is 14.4. The van der Waals surface area contributed by atoms with Crippen LogP contribution in [0, 0.1) is 0 Å². The van der Waals surface area contributed by atoms with Gasteiger partial charge in [0.2, 0.25) is 5.91 Å². The molecule has 1 saturated heterocycles. The van der Waals surface area contributed by atoms with Crippen molar-refractivity contribution in [2.24, 2.45) is 5.73 Å². The number of likely N-dealkylation sites (tertiary alicyclic amines) is 1. The molecule has 4 N–H and O–H groups in total. The molecule has 110 valence electrons. The van der Waals surface area contributed by atoms with Crippen LogP contribution in [0.4, 0.5) is 5.69 Å². The summed E-state index contributed by atoms with van der Waals surface area (Å²) in [5, 5.41) is 12.2. The Morgan fingerprint density at radius 3 is 3.00 bits per heavy atom. The van der Waals surface area contributed by atoms with E-state index in [2.05, 4.69) is 10.2 Å². The summed E-state index contributed by atoms with van der Waals surface area (Å²) in [6.07, 6.45) is 2.56. The van der Waals surface area contributed by atoms with Crippen LogP contribution in [-0.2, 0) is 11.3 Å². The number of hydrogen-bond donors (Lipinski definition) is 3. The van der Waals surface area contributed by atoms with Crippen LogP contribution in [0.1, 0.15) is 24.8 Å². The van der Waals surface area contributed by atoms with Crippen molar-refractivity contribution in [2.45, 2.75) is 31.8 Å². The molecule has 1 aromatic carbocycles. The number of carbonyl (C=O) groups excluding carboxylic acids is 1. The number of nitrogens with two attached hydrogens (primary N) is 1. The van der Waals surface area contributed by atoms with E-state index in [0.717, 1.165) is 30.6 Å². The molecule has 1 atom stereocenters. The Morgan fingerprint density at radius 2 is 2.25 bits per heavy atom. The van der Waals surface area contributed by atoms with E-state index in [9.17, 15) is 9.90 Å². The first-order chi connectivity index (χ1) is 9.74. The average Bonchev–Trinajstić information content (AvgIpc) is 2.93. The third-order valence-corrected chi connectivity index (χ3v) is 3.85. The van der Waals surface area contributed by atoms with Gasteiger partial charge in [0.25, 0.3) is 0 Å². The molecule has 1 aromatic rings. The summed E-state index contributed by atoms with van der Waals surface area (Å²) in [5.41, 5.74) is 7.38. The quantitative estimate of drug-likeness (QED) is 0.723. The largest absolute Gasteiger partial charge is 0.395 e. The number of anilines is 1. The molecule has 1 amide bonds. The number of aliphatic hydroxyl groups is 1. The van der Waals surface area contributed by atoms with Gasteiger partial charge in [-0.05, 0) is 31.0 Å². The molecule has 1 fully saturated rings. The summed E-state index contributed by atoms with van der Waals surface area (Å²) >= 11 is 0. The van der Waals surface area contributed by atoms with E-state index in [1.165, 1.54) is 0 Å². The average molecular weight is 277 g/mol. The predicted octanol–water partition coefficient (Wildman–Crippen LogP) is 0.931. The molecule has 5 heteroatoms. The maximum Gasteiger partial charge on any atom is 0.225 e. The van der Waals surface area contributed by atoms with Crippen LogP contribution in [-0.4, -0.2) is 41.7 Å². The molecule has 1 aliphatic heterocycles. The van der Waals surface area contributed by atoms with Crippen LogP contribution in [0.3, 0.4) is 0 Å². The molecule has 5 nitrogen and oxygen atoms in total. The fraction of sp³-hybridized carbons (Fsp3) is 0.533. The Hall–Kier alpha value is -1.43. The second kappa shape index (κ2) is 7.38. The zero-order valence-electron chi connectivity index (χ0n) is 11.7. The molecule has 0 bridgehead atoms. The van der Waals surface area contributed by atoms with Gasteiger partial charge < -0.3 is 16.2 Å². The first kappa shape index (κ1) is 15.0. The van der Waals surface area contributed by atoms with Crippen LogP contribution in [0.2, 0.25) is 0 Å². The lowest BCUT2D eigenvalue weighted by molar-refractivity contribution is -0.116. The highest BCUT2D eigenvalue weighted by molar-refractivity contribution is 5.91. The van der Waals surface area contributed by atoms with Gasteiger partial charge in [0.1, 0.15) is 0 Å². The number of hydrogen-bond acceptors (Lipinski definition) is 4. The first-order valence-corrected chi connectivity index (χ1v) is 7.17. The van der Waals surface area contributed by atoms with Gasteiger partial charge in [0.15, 0.2) is 0 Å². The highest BCUT2D eigenvalue weighted by Crippen LogP contribution is 2.17. The molecular formula is C15H23N3O2. The minimum Gasteiger partial charge on any atom is -0.395 e. The molecule has 0 aromatic heterocycles. The number of para-hydroxylation sites is 1. The van der Waals surface area contributed by atoms with E-state index in [0.29, 0.717) is 19.5 Å². The highest BCUT2D eigenvalue weighted by Gasteiger charge is 2.23. The van der Waals surface area contributed by atoms with Gasteiger partial charge in [-0.15, -0.1) is 0 Å².